The average molecular weight is 273 g/mol. The number of benzene rings is 1. The molecule has 3 nitrogen and oxygen atoms in total. The maximum Gasteiger partial charge on any atom is 0.148 e. The number of aromatic hydroxyl groups is 1. The molecule has 0 aliphatic carbocycles. The van der Waals surface area contributed by atoms with Gasteiger partial charge in [0.2, 0.25) is 0 Å². The Kier molecular flexibility index (Phi) is 4.15. The van der Waals surface area contributed by atoms with E-state index in [9.17, 15) is 9.90 Å². The molecule has 1 rings (SSSR count). The lowest BCUT2D eigenvalue weighted by Gasteiger charge is -2.14. The number of hydrogen-bond acceptors (Lipinski definition) is 3. The second-order valence-electron chi connectivity index (χ2n) is 3.10. The van der Waals surface area contributed by atoms with Gasteiger partial charge in [0.05, 0.1) is 12.2 Å². The normalized spacial score (nSPS) is 12.2. The standard InChI is InChI=1S/C11H13BrO3/c1-3-15-9-6-4-5-8(14)10(9)11(12)7(2)13/h4-6,11,14H,3H2,1-2H3. The van der Waals surface area contributed by atoms with Crippen molar-refractivity contribution in [3.63, 3.8) is 0 Å². The summed E-state index contributed by atoms with van der Waals surface area (Å²) in [6.45, 7) is 3.81. The zero-order valence-electron chi connectivity index (χ0n) is 8.66. The lowest BCUT2D eigenvalue weighted by atomic mass is 10.1. The summed E-state index contributed by atoms with van der Waals surface area (Å²) in [7, 11) is 0. The molecule has 0 aromatic heterocycles. The Balaban J connectivity index is 3.17. The first kappa shape index (κ1) is 12.0. The minimum Gasteiger partial charge on any atom is -0.507 e. The fourth-order valence-corrected chi connectivity index (χ4v) is 1.73. The molecule has 1 unspecified atom stereocenters. The number of rotatable bonds is 4. The smallest absolute Gasteiger partial charge is 0.148 e. The van der Waals surface area contributed by atoms with Crippen molar-refractivity contribution in [1.29, 1.82) is 0 Å². The van der Waals surface area contributed by atoms with E-state index in [-0.39, 0.29) is 11.5 Å². The molecule has 1 aromatic carbocycles. The van der Waals surface area contributed by atoms with Crippen LogP contribution in [0, 0.1) is 0 Å². The summed E-state index contributed by atoms with van der Waals surface area (Å²) in [5.74, 6) is 0.532. The van der Waals surface area contributed by atoms with Crippen molar-refractivity contribution >= 4 is 21.7 Å². The Morgan fingerprint density at radius 2 is 2.27 bits per heavy atom. The van der Waals surface area contributed by atoms with Crippen molar-refractivity contribution in [3.05, 3.63) is 23.8 Å². The van der Waals surface area contributed by atoms with E-state index in [1.807, 2.05) is 6.92 Å². The largest absolute Gasteiger partial charge is 0.507 e. The van der Waals surface area contributed by atoms with E-state index in [0.717, 1.165) is 0 Å². The lowest BCUT2D eigenvalue weighted by Crippen LogP contribution is -2.05. The third kappa shape index (κ3) is 2.72. The maximum absolute atomic E-state index is 11.2. The molecule has 0 heterocycles. The van der Waals surface area contributed by atoms with Gasteiger partial charge in [-0.15, -0.1) is 0 Å². The van der Waals surface area contributed by atoms with Gasteiger partial charge in [-0.3, -0.25) is 4.79 Å². The molecule has 0 radical (unpaired) electrons. The Morgan fingerprint density at radius 1 is 1.60 bits per heavy atom. The fraction of sp³-hybridized carbons (Fsp3) is 0.364. The number of phenolic OH excluding ortho intramolecular Hbond substituents is 1. The Hall–Kier alpha value is -1.03. The van der Waals surface area contributed by atoms with Crippen LogP contribution in [0.3, 0.4) is 0 Å². The van der Waals surface area contributed by atoms with Gasteiger partial charge < -0.3 is 9.84 Å². The third-order valence-electron chi connectivity index (χ3n) is 1.95. The van der Waals surface area contributed by atoms with E-state index >= 15 is 0 Å². The molecule has 0 fully saturated rings. The molecule has 1 aromatic rings. The lowest BCUT2D eigenvalue weighted by molar-refractivity contribution is -0.116. The zero-order valence-corrected chi connectivity index (χ0v) is 10.2. The van der Waals surface area contributed by atoms with Gasteiger partial charge in [-0.25, -0.2) is 0 Å². The number of hydrogen-bond donors (Lipinski definition) is 1. The van der Waals surface area contributed by atoms with Crippen molar-refractivity contribution in [2.45, 2.75) is 18.7 Å². The van der Waals surface area contributed by atoms with Crippen molar-refractivity contribution in [2.24, 2.45) is 0 Å². The summed E-state index contributed by atoms with van der Waals surface area (Å²) in [5, 5.41) is 9.68. The summed E-state index contributed by atoms with van der Waals surface area (Å²) in [6, 6.07) is 4.95. The summed E-state index contributed by atoms with van der Waals surface area (Å²) in [4.78, 5) is 10.7. The first-order valence-electron chi connectivity index (χ1n) is 4.67. The highest BCUT2D eigenvalue weighted by Crippen LogP contribution is 2.38. The van der Waals surface area contributed by atoms with Crippen molar-refractivity contribution < 1.29 is 14.6 Å². The highest BCUT2D eigenvalue weighted by molar-refractivity contribution is 9.09. The van der Waals surface area contributed by atoms with Gasteiger partial charge in [0.25, 0.3) is 0 Å². The van der Waals surface area contributed by atoms with E-state index < -0.39 is 4.83 Å². The fourth-order valence-electron chi connectivity index (χ4n) is 1.27. The summed E-state index contributed by atoms with van der Waals surface area (Å²) < 4.78 is 5.35. The predicted octanol–water partition coefficient (Wildman–Crippen LogP) is 2.82. The number of halogens is 1. The van der Waals surface area contributed by atoms with Crippen LogP contribution < -0.4 is 4.74 Å². The highest BCUT2D eigenvalue weighted by Gasteiger charge is 2.21. The Morgan fingerprint density at radius 3 is 2.80 bits per heavy atom. The Labute approximate surface area is 97.2 Å². The summed E-state index contributed by atoms with van der Waals surface area (Å²) >= 11 is 3.23. The van der Waals surface area contributed by atoms with E-state index in [1.54, 1.807) is 12.1 Å². The second kappa shape index (κ2) is 5.16. The van der Waals surface area contributed by atoms with Gasteiger partial charge >= 0.3 is 0 Å². The van der Waals surface area contributed by atoms with E-state index in [0.29, 0.717) is 17.9 Å². The first-order valence-corrected chi connectivity index (χ1v) is 5.58. The quantitative estimate of drug-likeness (QED) is 0.858. The maximum atomic E-state index is 11.2. The molecular weight excluding hydrogens is 260 g/mol. The minimum absolute atomic E-state index is 0.0676. The molecule has 1 atom stereocenters. The van der Waals surface area contributed by atoms with Gasteiger partial charge in [0.15, 0.2) is 0 Å². The minimum atomic E-state index is -0.528. The second-order valence-corrected chi connectivity index (χ2v) is 4.01. The number of Topliss-reactive ketones (excluding diaryl/α,β-unsaturated/α-hetero) is 1. The van der Waals surface area contributed by atoms with E-state index in [4.69, 9.17) is 4.74 Å². The van der Waals surface area contributed by atoms with Crippen LogP contribution in [0.5, 0.6) is 11.5 Å². The van der Waals surface area contributed by atoms with Gasteiger partial charge in [-0.2, -0.15) is 0 Å². The molecule has 15 heavy (non-hydrogen) atoms. The Bertz CT molecular complexity index is 363. The molecular formula is C11H13BrO3. The van der Waals surface area contributed by atoms with Crippen LogP contribution in [0.25, 0.3) is 0 Å². The van der Waals surface area contributed by atoms with Crippen molar-refractivity contribution in [1.82, 2.24) is 0 Å². The van der Waals surface area contributed by atoms with Crippen LogP contribution in [0.15, 0.2) is 18.2 Å². The van der Waals surface area contributed by atoms with Crippen molar-refractivity contribution in [2.75, 3.05) is 6.61 Å². The molecule has 0 aliphatic rings. The SMILES string of the molecule is CCOc1cccc(O)c1C(Br)C(C)=O. The number of carbonyl (C=O) groups is 1. The summed E-state index contributed by atoms with van der Waals surface area (Å²) in [5.41, 5.74) is 0.492. The molecule has 82 valence electrons. The highest BCUT2D eigenvalue weighted by atomic mass is 79.9. The van der Waals surface area contributed by atoms with Gasteiger partial charge in [-0.1, -0.05) is 22.0 Å². The van der Waals surface area contributed by atoms with Crippen LogP contribution in [0.4, 0.5) is 0 Å². The molecule has 1 N–H and O–H groups in total. The molecule has 0 saturated carbocycles. The average Bonchev–Trinajstić information content (AvgIpc) is 2.17. The number of ketones is 1. The molecule has 0 spiro atoms. The number of phenols is 1. The molecule has 4 heteroatoms. The molecule has 0 saturated heterocycles. The number of ether oxygens (including phenoxy) is 1. The predicted molar refractivity (Wildman–Crippen MR) is 61.6 cm³/mol. The number of carbonyl (C=O) groups excluding carboxylic acids is 1. The van der Waals surface area contributed by atoms with Crippen LogP contribution in [-0.2, 0) is 4.79 Å². The third-order valence-corrected chi connectivity index (χ3v) is 3.06. The molecule has 0 amide bonds. The van der Waals surface area contributed by atoms with Crippen molar-refractivity contribution in [3.8, 4) is 11.5 Å². The van der Waals surface area contributed by atoms with Gasteiger partial charge in [0, 0.05) is 0 Å². The van der Waals surface area contributed by atoms with Gasteiger partial charge in [-0.05, 0) is 26.0 Å². The van der Waals surface area contributed by atoms with Crippen LogP contribution >= 0.6 is 15.9 Å². The molecule has 0 aliphatic heterocycles. The number of alkyl halides is 1. The monoisotopic (exact) mass is 272 g/mol. The molecule has 0 bridgehead atoms. The van der Waals surface area contributed by atoms with Gasteiger partial charge in [0.1, 0.15) is 22.1 Å². The topological polar surface area (TPSA) is 46.5 Å². The van der Waals surface area contributed by atoms with E-state index in [1.165, 1.54) is 13.0 Å². The summed E-state index contributed by atoms with van der Waals surface area (Å²) in [6.07, 6.45) is 0. The van der Waals surface area contributed by atoms with Crippen LogP contribution in [-0.4, -0.2) is 17.5 Å². The zero-order chi connectivity index (χ0) is 11.4. The van der Waals surface area contributed by atoms with Crippen LogP contribution in [0.2, 0.25) is 0 Å². The van der Waals surface area contributed by atoms with E-state index in [2.05, 4.69) is 15.9 Å². The van der Waals surface area contributed by atoms with Crippen LogP contribution in [0.1, 0.15) is 24.2 Å². The first-order chi connectivity index (χ1) is 7.07.